The number of anilines is 1. The molecule has 2 heterocycles. The molecule has 0 bridgehead atoms. The first kappa shape index (κ1) is 19.2. The van der Waals surface area contributed by atoms with Crippen LogP contribution in [0.4, 0.5) is 5.69 Å². The molecule has 158 valence electrons. The summed E-state index contributed by atoms with van der Waals surface area (Å²) in [5.41, 5.74) is 3.05. The van der Waals surface area contributed by atoms with E-state index in [1.54, 1.807) is 0 Å². The number of nitrogens with one attached hydrogen (secondary N) is 2. The smallest absolute Gasteiger partial charge is 0.191 e. The average Bonchev–Trinajstić information content (AvgIpc) is 3.36. The van der Waals surface area contributed by atoms with Crippen LogP contribution in [0.2, 0.25) is 0 Å². The van der Waals surface area contributed by atoms with E-state index in [2.05, 4.69) is 53.6 Å². The first-order valence-electron chi connectivity index (χ1n) is 11.8. The van der Waals surface area contributed by atoms with Gasteiger partial charge in [0.1, 0.15) is 0 Å². The number of guanidine groups is 1. The molecule has 1 spiro atoms. The van der Waals surface area contributed by atoms with Gasteiger partial charge in [0.05, 0.1) is 12.1 Å². The van der Waals surface area contributed by atoms with Crippen LogP contribution in [0.15, 0.2) is 29.3 Å². The molecule has 2 saturated carbocycles. The van der Waals surface area contributed by atoms with Gasteiger partial charge < -0.3 is 20.3 Å². The Balaban J connectivity index is 1.27. The third kappa shape index (κ3) is 3.31. The summed E-state index contributed by atoms with van der Waals surface area (Å²) in [5, 5.41) is 7.53. The monoisotopic (exact) mass is 396 g/mol. The molecule has 5 rings (SSSR count). The number of nitrogens with zero attached hydrogens (tertiary/aromatic N) is 2. The van der Waals surface area contributed by atoms with Crippen molar-refractivity contribution in [3.05, 3.63) is 29.8 Å². The summed E-state index contributed by atoms with van der Waals surface area (Å²) in [4.78, 5) is 7.30. The lowest BCUT2D eigenvalue weighted by Crippen LogP contribution is -2.72. The summed E-state index contributed by atoms with van der Waals surface area (Å²) >= 11 is 0. The van der Waals surface area contributed by atoms with Gasteiger partial charge in [0.2, 0.25) is 0 Å². The van der Waals surface area contributed by atoms with E-state index >= 15 is 0 Å². The lowest BCUT2D eigenvalue weighted by molar-refractivity contribution is -0.171. The summed E-state index contributed by atoms with van der Waals surface area (Å²) in [7, 11) is 0. The highest BCUT2D eigenvalue weighted by atomic mass is 16.5. The highest BCUT2D eigenvalue weighted by Gasteiger charge is 2.66. The first-order valence-corrected chi connectivity index (χ1v) is 11.8. The summed E-state index contributed by atoms with van der Waals surface area (Å²) in [6.07, 6.45) is 8.26. The standard InChI is InChI=1S/C24H36N4O/c1-3-25-23(27-21-20-10-15-29-22(20)24(21)11-7-12-24)26-17(2)18-8-6-9-19(16-18)28-13-4-5-14-28/h6,8-9,16-17,20-22H,3-5,7,10-15H2,1-2H3,(H2,25,26,27). The van der Waals surface area contributed by atoms with Crippen molar-refractivity contribution in [1.82, 2.24) is 10.6 Å². The SMILES string of the molecule is CCN=C(NC(C)c1cccc(N2CCCC2)c1)NC1C2CCOC2C12CCC2. The fraction of sp³-hybridized carbons (Fsp3) is 0.708. The molecule has 4 unspecified atom stereocenters. The Bertz CT molecular complexity index is 753. The molecule has 1 aromatic rings. The van der Waals surface area contributed by atoms with Crippen LogP contribution in [0.3, 0.4) is 0 Å². The Kier molecular flexibility index (Phi) is 5.19. The van der Waals surface area contributed by atoms with Crippen molar-refractivity contribution < 1.29 is 4.74 Å². The molecule has 2 aliphatic carbocycles. The molecule has 4 aliphatic rings. The Hall–Kier alpha value is -1.75. The number of rotatable bonds is 5. The van der Waals surface area contributed by atoms with Gasteiger partial charge in [0.25, 0.3) is 0 Å². The van der Waals surface area contributed by atoms with Crippen molar-refractivity contribution >= 4 is 11.6 Å². The summed E-state index contributed by atoms with van der Waals surface area (Å²) in [6.45, 7) is 8.46. The minimum Gasteiger partial charge on any atom is -0.377 e. The zero-order valence-electron chi connectivity index (χ0n) is 18.0. The van der Waals surface area contributed by atoms with E-state index in [0.717, 1.165) is 19.1 Å². The molecule has 1 aromatic carbocycles. The zero-order chi connectivity index (χ0) is 19.8. The number of hydrogen-bond donors (Lipinski definition) is 2. The van der Waals surface area contributed by atoms with Crippen LogP contribution in [0.1, 0.15) is 64.0 Å². The second-order valence-corrected chi connectivity index (χ2v) is 9.43. The van der Waals surface area contributed by atoms with Crippen LogP contribution in [-0.4, -0.2) is 44.3 Å². The summed E-state index contributed by atoms with van der Waals surface area (Å²) < 4.78 is 6.09. The summed E-state index contributed by atoms with van der Waals surface area (Å²) in [5.74, 6) is 1.63. The third-order valence-corrected chi connectivity index (χ3v) is 7.84. The quantitative estimate of drug-likeness (QED) is 0.586. The molecule has 2 N–H and O–H groups in total. The molecule has 0 radical (unpaired) electrons. The van der Waals surface area contributed by atoms with Crippen molar-refractivity contribution in [3.8, 4) is 0 Å². The summed E-state index contributed by atoms with van der Waals surface area (Å²) in [6, 6.07) is 9.77. The molecule has 2 saturated heterocycles. The van der Waals surface area contributed by atoms with Crippen molar-refractivity contribution in [2.75, 3.05) is 31.1 Å². The average molecular weight is 397 g/mol. The maximum Gasteiger partial charge on any atom is 0.191 e. The van der Waals surface area contributed by atoms with E-state index in [4.69, 9.17) is 9.73 Å². The Morgan fingerprint density at radius 1 is 1.28 bits per heavy atom. The molecule has 2 aliphatic heterocycles. The van der Waals surface area contributed by atoms with Crippen molar-refractivity contribution in [3.63, 3.8) is 0 Å². The van der Waals surface area contributed by atoms with Crippen LogP contribution in [0.5, 0.6) is 0 Å². The molecule has 0 aromatic heterocycles. The van der Waals surface area contributed by atoms with E-state index in [9.17, 15) is 0 Å². The van der Waals surface area contributed by atoms with Crippen molar-refractivity contribution in [2.24, 2.45) is 16.3 Å². The van der Waals surface area contributed by atoms with Crippen LogP contribution >= 0.6 is 0 Å². The van der Waals surface area contributed by atoms with Crippen LogP contribution in [-0.2, 0) is 4.74 Å². The molecule has 5 nitrogen and oxygen atoms in total. The minimum absolute atomic E-state index is 0.225. The second-order valence-electron chi connectivity index (χ2n) is 9.43. The van der Waals surface area contributed by atoms with E-state index < -0.39 is 0 Å². The predicted molar refractivity (Wildman–Crippen MR) is 118 cm³/mol. The molecular weight excluding hydrogens is 360 g/mol. The highest BCUT2D eigenvalue weighted by molar-refractivity contribution is 5.81. The molecule has 5 heteroatoms. The minimum atomic E-state index is 0.225. The van der Waals surface area contributed by atoms with Gasteiger partial charge in [-0.25, -0.2) is 0 Å². The fourth-order valence-corrected chi connectivity index (χ4v) is 6.15. The third-order valence-electron chi connectivity index (χ3n) is 7.84. The van der Waals surface area contributed by atoms with Gasteiger partial charge in [-0.2, -0.15) is 0 Å². The largest absolute Gasteiger partial charge is 0.377 e. The zero-order valence-corrected chi connectivity index (χ0v) is 18.0. The van der Waals surface area contributed by atoms with Gasteiger partial charge in [-0.05, 0) is 63.6 Å². The maximum atomic E-state index is 6.09. The van der Waals surface area contributed by atoms with Crippen LogP contribution < -0.4 is 15.5 Å². The molecule has 4 atom stereocenters. The highest BCUT2D eigenvalue weighted by Crippen LogP contribution is 2.62. The van der Waals surface area contributed by atoms with E-state index in [1.807, 2.05) is 0 Å². The Morgan fingerprint density at radius 2 is 2.10 bits per heavy atom. The van der Waals surface area contributed by atoms with Gasteiger partial charge in [0.15, 0.2) is 5.96 Å². The number of fused-ring (bicyclic) bond motifs is 2. The molecular formula is C24H36N4O. The molecule has 4 fully saturated rings. The molecule has 29 heavy (non-hydrogen) atoms. The first-order chi connectivity index (χ1) is 14.2. The van der Waals surface area contributed by atoms with Gasteiger partial charge in [-0.1, -0.05) is 18.6 Å². The van der Waals surface area contributed by atoms with Crippen LogP contribution in [0, 0.1) is 11.3 Å². The fourth-order valence-electron chi connectivity index (χ4n) is 6.15. The van der Waals surface area contributed by atoms with Gasteiger partial charge in [-0.3, -0.25) is 4.99 Å². The van der Waals surface area contributed by atoms with E-state index in [1.165, 1.54) is 62.9 Å². The van der Waals surface area contributed by atoms with E-state index in [-0.39, 0.29) is 6.04 Å². The Morgan fingerprint density at radius 3 is 2.83 bits per heavy atom. The predicted octanol–water partition coefficient (Wildman–Crippen LogP) is 3.86. The maximum absolute atomic E-state index is 6.09. The lowest BCUT2D eigenvalue weighted by atomic mass is 9.46. The van der Waals surface area contributed by atoms with Gasteiger partial charge >= 0.3 is 0 Å². The number of hydrogen-bond acceptors (Lipinski definition) is 3. The number of benzene rings is 1. The molecule has 0 amide bonds. The van der Waals surface area contributed by atoms with Crippen molar-refractivity contribution in [1.29, 1.82) is 0 Å². The van der Waals surface area contributed by atoms with Crippen LogP contribution in [0.25, 0.3) is 0 Å². The lowest BCUT2D eigenvalue weighted by Gasteiger charge is -2.63. The number of ether oxygens (including phenoxy) is 1. The number of aliphatic imine (C=N–C) groups is 1. The topological polar surface area (TPSA) is 48.9 Å². The van der Waals surface area contributed by atoms with Crippen molar-refractivity contribution in [2.45, 2.75) is 70.6 Å². The second kappa shape index (κ2) is 7.82. The Labute approximate surface area is 175 Å². The normalized spacial score (nSPS) is 31.2. The van der Waals surface area contributed by atoms with E-state index in [0.29, 0.717) is 23.5 Å². The van der Waals surface area contributed by atoms with Gasteiger partial charge in [0, 0.05) is 49.3 Å². The van der Waals surface area contributed by atoms with Gasteiger partial charge in [-0.15, -0.1) is 0 Å².